The lowest BCUT2D eigenvalue weighted by Crippen LogP contribution is -2.16. The number of hydrogen-bond acceptors (Lipinski definition) is 18. The third-order valence-corrected chi connectivity index (χ3v) is 10.1. The van der Waals surface area contributed by atoms with Crippen LogP contribution in [-0.4, -0.2) is 207 Å². The van der Waals surface area contributed by atoms with E-state index in [0.717, 1.165) is 18.1 Å². The molecule has 0 amide bonds. The second-order valence-corrected chi connectivity index (χ2v) is 14.3. The summed E-state index contributed by atoms with van der Waals surface area (Å²) in [6.07, 6.45) is 4.95. The van der Waals surface area contributed by atoms with Crippen LogP contribution in [0.2, 0.25) is 0 Å². The second-order valence-electron chi connectivity index (χ2n) is 11.5. The number of carbonyl (C=O) groups excluding carboxylic acids is 1. The van der Waals surface area contributed by atoms with E-state index in [0.29, 0.717) is 178 Å². The zero-order chi connectivity index (χ0) is 38.5. The van der Waals surface area contributed by atoms with Gasteiger partial charge in [0.2, 0.25) is 0 Å². The van der Waals surface area contributed by atoms with E-state index in [1.807, 2.05) is 21.6 Å². The van der Waals surface area contributed by atoms with E-state index in [2.05, 4.69) is 0 Å². The van der Waals surface area contributed by atoms with Gasteiger partial charge in [0.15, 0.2) is 0 Å². The van der Waals surface area contributed by atoms with Gasteiger partial charge in [0.1, 0.15) is 6.61 Å². The molecule has 0 saturated carbocycles. The standard InChI is InChI=1S/C36H70O16S2/c37-6-7-39-8-9-40-10-11-41-12-13-42-14-15-43-16-17-44-18-19-45-20-21-46-22-23-47-24-25-48-26-27-49-28-29-50-30-31-51-32-33-52-36(38)4-2-1-3-35-5-34-53-54-35/h35,37H,1-34H2. The molecule has 322 valence electrons. The average Bonchev–Trinajstić information content (AvgIpc) is 3.71. The Balaban J connectivity index is 1.61. The van der Waals surface area contributed by atoms with Gasteiger partial charge in [0.05, 0.1) is 178 Å². The fourth-order valence-corrected chi connectivity index (χ4v) is 7.33. The van der Waals surface area contributed by atoms with Crippen LogP contribution in [0.4, 0.5) is 0 Å². The van der Waals surface area contributed by atoms with Crippen molar-refractivity contribution in [1.82, 2.24) is 0 Å². The molecule has 1 atom stereocenters. The Morgan fingerprint density at radius 2 is 0.722 bits per heavy atom. The van der Waals surface area contributed by atoms with Gasteiger partial charge < -0.3 is 71.4 Å². The zero-order valence-corrected chi connectivity index (χ0v) is 34.1. The first-order valence-electron chi connectivity index (χ1n) is 19.4. The molecule has 54 heavy (non-hydrogen) atoms. The maximum Gasteiger partial charge on any atom is 0.305 e. The van der Waals surface area contributed by atoms with Crippen LogP contribution in [-0.2, 0) is 71.1 Å². The minimum atomic E-state index is -0.144. The van der Waals surface area contributed by atoms with Crippen molar-refractivity contribution < 1.29 is 76.2 Å². The largest absolute Gasteiger partial charge is 0.463 e. The summed E-state index contributed by atoms with van der Waals surface area (Å²) in [6, 6.07) is 0. The number of aliphatic hydroxyl groups is 1. The fourth-order valence-electron chi connectivity index (χ4n) is 4.30. The summed E-state index contributed by atoms with van der Waals surface area (Å²) in [5.41, 5.74) is 0. The lowest BCUT2D eigenvalue weighted by molar-refractivity contribution is -0.145. The lowest BCUT2D eigenvalue weighted by atomic mass is 10.1. The first-order chi connectivity index (χ1) is 26.8. The number of esters is 1. The van der Waals surface area contributed by atoms with E-state index >= 15 is 0 Å². The van der Waals surface area contributed by atoms with Crippen molar-refractivity contribution in [3.63, 3.8) is 0 Å². The van der Waals surface area contributed by atoms with Crippen LogP contribution in [0.25, 0.3) is 0 Å². The molecule has 1 fully saturated rings. The summed E-state index contributed by atoms with van der Waals surface area (Å²) < 4.78 is 75.8. The maximum atomic E-state index is 11.8. The van der Waals surface area contributed by atoms with Crippen LogP contribution >= 0.6 is 21.6 Å². The normalized spacial score (nSPS) is 14.4. The summed E-state index contributed by atoms with van der Waals surface area (Å²) in [7, 11) is 3.94. The van der Waals surface area contributed by atoms with Gasteiger partial charge in [-0.05, 0) is 19.3 Å². The Hall–Kier alpha value is -0.390. The summed E-state index contributed by atoms with van der Waals surface area (Å²) in [5.74, 6) is 1.11. The quantitative estimate of drug-likeness (QED) is 0.0540. The third kappa shape index (κ3) is 41.2. The molecule has 1 saturated heterocycles. The molecule has 0 aromatic heterocycles. The molecule has 1 unspecified atom stereocenters. The van der Waals surface area contributed by atoms with Crippen molar-refractivity contribution in [3.8, 4) is 0 Å². The van der Waals surface area contributed by atoms with Crippen LogP contribution in [0.3, 0.4) is 0 Å². The predicted octanol–water partition coefficient (Wildman–Crippen LogP) is 2.45. The summed E-state index contributed by atoms with van der Waals surface area (Å²) >= 11 is 0. The summed E-state index contributed by atoms with van der Waals surface area (Å²) in [5, 5.41) is 9.35. The Morgan fingerprint density at radius 3 is 1.00 bits per heavy atom. The van der Waals surface area contributed by atoms with E-state index in [9.17, 15) is 4.79 Å². The predicted molar refractivity (Wildman–Crippen MR) is 206 cm³/mol. The zero-order valence-electron chi connectivity index (χ0n) is 32.5. The Bertz CT molecular complexity index is 743. The minimum absolute atomic E-state index is 0.0216. The molecule has 0 aromatic rings. The van der Waals surface area contributed by atoms with Gasteiger partial charge >= 0.3 is 5.97 Å². The number of carbonyl (C=O) groups is 1. The lowest BCUT2D eigenvalue weighted by Gasteiger charge is -2.09. The van der Waals surface area contributed by atoms with Gasteiger partial charge in [0.25, 0.3) is 0 Å². The first-order valence-corrected chi connectivity index (χ1v) is 21.8. The van der Waals surface area contributed by atoms with E-state index in [4.69, 9.17) is 71.4 Å². The molecule has 0 aromatic carbocycles. The van der Waals surface area contributed by atoms with Crippen LogP contribution in [0.1, 0.15) is 32.1 Å². The van der Waals surface area contributed by atoms with E-state index in [-0.39, 0.29) is 19.2 Å². The van der Waals surface area contributed by atoms with Crippen molar-refractivity contribution in [1.29, 1.82) is 0 Å². The number of hydrogen-bond donors (Lipinski definition) is 1. The van der Waals surface area contributed by atoms with Gasteiger partial charge in [-0.1, -0.05) is 28.0 Å². The molecule has 0 spiro atoms. The van der Waals surface area contributed by atoms with Gasteiger partial charge in [-0.15, -0.1) is 0 Å². The molecule has 0 bridgehead atoms. The van der Waals surface area contributed by atoms with Crippen molar-refractivity contribution in [3.05, 3.63) is 0 Å². The number of aliphatic hydroxyl groups excluding tert-OH is 1. The van der Waals surface area contributed by atoms with E-state index in [1.165, 1.54) is 18.6 Å². The molecule has 1 N–H and O–H groups in total. The minimum Gasteiger partial charge on any atom is -0.463 e. The van der Waals surface area contributed by atoms with Crippen LogP contribution in [0, 0.1) is 0 Å². The van der Waals surface area contributed by atoms with E-state index in [1.54, 1.807) is 0 Å². The molecule has 0 aliphatic carbocycles. The van der Waals surface area contributed by atoms with Crippen molar-refractivity contribution >= 4 is 27.6 Å². The van der Waals surface area contributed by atoms with Gasteiger partial charge in [0, 0.05) is 17.4 Å². The molecule has 16 nitrogen and oxygen atoms in total. The molecule has 0 radical (unpaired) electrons. The molecule has 1 heterocycles. The summed E-state index contributed by atoms with van der Waals surface area (Å²) in [4.78, 5) is 11.8. The Morgan fingerprint density at radius 1 is 0.426 bits per heavy atom. The highest BCUT2D eigenvalue weighted by molar-refractivity contribution is 8.77. The highest BCUT2D eigenvalue weighted by atomic mass is 33.1. The van der Waals surface area contributed by atoms with E-state index < -0.39 is 0 Å². The van der Waals surface area contributed by atoms with Gasteiger partial charge in [-0.2, -0.15) is 0 Å². The molecule has 18 heteroatoms. The second kappa shape index (κ2) is 45.3. The number of unbranched alkanes of at least 4 members (excludes halogenated alkanes) is 1. The first kappa shape index (κ1) is 51.6. The van der Waals surface area contributed by atoms with Crippen LogP contribution in [0.5, 0.6) is 0 Å². The maximum absolute atomic E-state index is 11.8. The number of ether oxygens (including phenoxy) is 14. The van der Waals surface area contributed by atoms with Crippen molar-refractivity contribution in [2.45, 2.75) is 37.4 Å². The molecule has 1 rings (SSSR count). The van der Waals surface area contributed by atoms with Crippen LogP contribution in [0.15, 0.2) is 0 Å². The Kier molecular flexibility index (Phi) is 43.3. The fraction of sp³-hybridized carbons (Fsp3) is 0.972. The van der Waals surface area contributed by atoms with Crippen molar-refractivity contribution in [2.75, 3.05) is 191 Å². The monoisotopic (exact) mass is 822 g/mol. The highest BCUT2D eigenvalue weighted by Crippen LogP contribution is 2.39. The Labute approximate surface area is 331 Å². The van der Waals surface area contributed by atoms with Gasteiger partial charge in [-0.25, -0.2) is 0 Å². The molecular weight excluding hydrogens is 753 g/mol. The van der Waals surface area contributed by atoms with Gasteiger partial charge in [-0.3, -0.25) is 4.79 Å². The topological polar surface area (TPSA) is 167 Å². The molecule has 1 aliphatic rings. The average molecular weight is 823 g/mol. The molecule has 1 aliphatic heterocycles. The SMILES string of the molecule is O=C(CCCCC1CCSS1)OCCOCCOCCOCCOCCOCCOCCOCCOCCOCCOCCOCCOCCOCCO. The molecular formula is C36H70O16S2. The van der Waals surface area contributed by atoms with Crippen LogP contribution < -0.4 is 0 Å². The highest BCUT2D eigenvalue weighted by Gasteiger charge is 2.16. The smallest absolute Gasteiger partial charge is 0.305 e. The number of rotatable bonds is 46. The summed E-state index contributed by atoms with van der Waals surface area (Å²) in [6.45, 7) is 12.8. The van der Waals surface area contributed by atoms with Crippen molar-refractivity contribution in [2.24, 2.45) is 0 Å². The third-order valence-electron chi connectivity index (χ3n) is 7.07.